The van der Waals surface area contributed by atoms with Crippen molar-refractivity contribution in [1.29, 1.82) is 0 Å². The zero-order valence-corrected chi connectivity index (χ0v) is 24.6. The van der Waals surface area contributed by atoms with Crippen LogP contribution in [-0.4, -0.2) is 99.5 Å². The van der Waals surface area contributed by atoms with E-state index in [1.165, 1.54) is 19.3 Å². The van der Waals surface area contributed by atoms with Gasteiger partial charge in [-0.05, 0) is 50.1 Å². The molecule has 3 unspecified atom stereocenters. The fourth-order valence-electron chi connectivity index (χ4n) is 7.34. The van der Waals surface area contributed by atoms with Gasteiger partial charge in [-0.2, -0.15) is 5.01 Å². The van der Waals surface area contributed by atoms with Crippen molar-refractivity contribution < 1.29 is 9.15 Å². The van der Waals surface area contributed by atoms with Gasteiger partial charge in [-0.15, -0.1) is 11.8 Å². The quantitative estimate of drug-likeness (QED) is 0.496. The maximum atomic E-state index is 6.07. The van der Waals surface area contributed by atoms with Crippen molar-refractivity contribution >= 4 is 11.8 Å². The Bertz CT molecular complexity index is 1230. The van der Waals surface area contributed by atoms with Crippen molar-refractivity contribution in [2.75, 3.05) is 59.0 Å². The molecule has 0 bridgehead atoms. The van der Waals surface area contributed by atoms with Gasteiger partial charge in [0.15, 0.2) is 4.87 Å². The predicted molar refractivity (Wildman–Crippen MR) is 160 cm³/mol. The van der Waals surface area contributed by atoms with E-state index in [0.29, 0.717) is 0 Å². The second kappa shape index (κ2) is 11.9. The first-order chi connectivity index (χ1) is 20.3. The number of morpholine rings is 1. The highest BCUT2D eigenvalue weighted by Crippen LogP contribution is 2.62. The first kappa shape index (κ1) is 27.2. The van der Waals surface area contributed by atoms with E-state index < -0.39 is 10.7 Å². The Labute approximate surface area is 247 Å². The number of likely N-dealkylation sites (tertiary alicyclic amines) is 1. The van der Waals surface area contributed by atoms with Crippen molar-refractivity contribution in [1.82, 2.24) is 34.7 Å². The summed E-state index contributed by atoms with van der Waals surface area (Å²) < 4.78 is 12.0. The first-order valence-corrected chi connectivity index (χ1v) is 16.1. The number of nitrogens with zero attached hydrogens (tertiary/aromatic N) is 7. The number of ether oxygens (including phenoxy) is 1. The summed E-state index contributed by atoms with van der Waals surface area (Å²) >= 11 is 1.96. The Kier molecular flexibility index (Phi) is 7.92. The van der Waals surface area contributed by atoms with E-state index in [9.17, 15) is 0 Å². The van der Waals surface area contributed by atoms with Gasteiger partial charge in [0.2, 0.25) is 11.7 Å². The van der Waals surface area contributed by atoms with Crippen LogP contribution < -0.4 is 0 Å². The average Bonchev–Trinajstić information content (AvgIpc) is 3.61. The predicted octanol–water partition coefficient (Wildman–Crippen LogP) is 4.39. The molecule has 0 aliphatic carbocycles. The van der Waals surface area contributed by atoms with Gasteiger partial charge in [-0.25, -0.2) is 9.99 Å². The van der Waals surface area contributed by atoms with Gasteiger partial charge in [0.05, 0.1) is 30.4 Å². The molecule has 0 saturated carbocycles. The molecule has 7 rings (SSSR count). The van der Waals surface area contributed by atoms with Crippen LogP contribution in [0.3, 0.4) is 0 Å². The minimum Gasteiger partial charge on any atom is -0.448 e. The maximum Gasteiger partial charge on any atom is 0.208 e. The highest BCUT2D eigenvalue weighted by molar-refractivity contribution is 8.00. The fraction of sp³-hybridized carbons (Fsp3) is 0.548. The molecule has 218 valence electrons. The van der Waals surface area contributed by atoms with Crippen molar-refractivity contribution in [3.05, 3.63) is 85.1 Å². The van der Waals surface area contributed by atoms with Crippen LogP contribution in [0.4, 0.5) is 0 Å². The summed E-state index contributed by atoms with van der Waals surface area (Å²) in [6.45, 7) is 7.80. The Hall–Kier alpha value is -2.63. The fourth-order valence-corrected chi connectivity index (χ4v) is 9.21. The molecule has 0 amide bonds. The third kappa shape index (κ3) is 4.64. The molecule has 41 heavy (non-hydrogen) atoms. The summed E-state index contributed by atoms with van der Waals surface area (Å²) in [5.41, 5.74) is 1.06. The molecule has 7 heterocycles. The van der Waals surface area contributed by atoms with E-state index in [0.717, 1.165) is 83.5 Å². The minimum atomic E-state index is -0.621. The van der Waals surface area contributed by atoms with Crippen LogP contribution in [0, 0.1) is 0 Å². The number of allylic oxidation sites excluding steroid dienone is 3. The molecule has 0 radical (unpaired) electrons. The molecule has 0 aromatic carbocycles. The van der Waals surface area contributed by atoms with Crippen LogP contribution >= 0.6 is 11.8 Å². The largest absolute Gasteiger partial charge is 0.448 e. The average molecular weight is 576 g/mol. The highest BCUT2D eigenvalue weighted by Gasteiger charge is 2.70. The molecule has 9 nitrogen and oxygen atoms in total. The van der Waals surface area contributed by atoms with E-state index in [2.05, 4.69) is 73.6 Å². The Morgan fingerprint density at radius 2 is 1.76 bits per heavy atom. The normalized spacial score (nSPS) is 32.0. The summed E-state index contributed by atoms with van der Waals surface area (Å²) in [5.74, 6) is 0.214. The molecule has 5 aliphatic heterocycles. The van der Waals surface area contributed by atoms with Gasteiger partial charge >= 0.3 is 0 Å². The molecule has 2 aromatic rings. The zero-order chi connectivity index (χ0) is 27.5. The van der Waals surface area contributed by atoms with Crippen molar-refractivity contribution in [2.45, 2.75) is 48.0 Å². The number of piperidine rings is 1. The summed E-state index contributed by atoms with van der Waals surface area (Å²) in [6, 6.07) is 6.42. The van der Waals surface area contributed by atoms with Crippen LogP contribution in [0.15, 0.2) is 78.0 Å². The van der Waals surface area contributed by atoms with Crippen LogP contribution in [0.2, 0.25) is 0 Å². The van der Waals surface area contributed by atoms with Gasteiger partial charge in [-0.1, -0.05) is 30.7 Å². The molecule has 0 N–H and O–H groups in total. The SMILES string of the molecule is C1=CCN(C2(c3ccccn3)SC(c3ncco3)CN(N3CCOCC3)C2(N2C=CCCC2)N2CCCCC2)C=C1. The molecular formula is C31H41N7O2S. The van der Waals surface area contributed by atoms with Crippen LogP contribution in [0.1, 0.15) is 48.9 Å². The number of aromatic nitrogens is 2. The van der Waals surface area contributed by atoms with Crippen LogP contribution in [0.25, 0.3) is 0 Å². The topological polar surface area (TPSA) is 64.4 Å². The Balaban J connectivity index is 1.54. The smallest absolute Gasteiger partial charge is 0.208 e. The summed E-state index contributed by atoms with van der Waals surface area (Å²) in [4.78, 5) is 17.3. The van der Waals surface area contributed by atoms with E-state index >= 15 is 0 Å². The van der Waals surface area contributed by atoms with Crippen molar-refractivity contribution in [3.8, 4) is 0 Å². The summed E-state index contributed by atoms with van der Waals surface area (Å²) in [6.07, 6.45) is 25.0. The second-order valence-corrected chi connectivity index (χ2v) is 12.7. The molecule has 3 fully saturated rings. The maximum absolute atomic E-state index is 6.07. The van der Waals surface area contributed by atoms with E-state index in [4.69, 9.17) is 19.1 Å². The van der Waals surface area contributed by atoms with Gasteiger partial charge in [0.25, 0.3) is 0 Å². The van der Waals surface area contributed by atoms with Gasteiger partial charge in [0.1, 0.15) is 6.26 Å². The number of rotatable bonds is 6. The number of hydrogen-bond donors (Lipinski definition) is 0. The summed E-state index contributed by atoms with van der Waals surface area (Å²) in [5, 5.41) is 5.26. The van der Waals surface area contributed by atoms with E-state index in [1.807, 2.05) is 24.0 Å². The first-order valence-electron chi connectivity index (χ1n) is 15.2. The van der Waals surface area contributed by atoms with Crippen LogP contribution in [0.5, 0.6) is 0 Å². The van der Waals surface area contributed by atoms with Crippen LogP contribution in [-0.2, 0) is 9.61 Å². The van der Waals surface area contributed by atoms with Crippen molar-refractivity contribution in [2.24, 2.45) is 0 Å². The molecule has 5 aliphatic rings. The zero-order valence-electron chi connectivity index (χ0n) is 23.8. The summed E-state index contributed by atoms with van der Waals surface area (Å²) in [7, 11) is 0. The number of pyridine rings is 1. The molecule has 2 aromatic heterocycles. The Morgan fingerprint density at radius 1 is 0.854 bits per heavy atom. The Morgan fingerprint density at radius 3 is 2.46 bits per heavy atom. The standard InChI is InChI=1S/C31H41N7O2S/c1-6-15-34(16-7-1)30(28-12-4-5-13-32-28)31(35-17-8-2-9-18-35,36-19-10-3-11-20-36)38(37-21-24-39-25-22-37)26-27(41-30)29-33-14-23-40-29/h1,4-8,12-15,17,23,27H,2-3,9-11,16,18-22,24-26H2. The van der Waals surface area contributed by atoms with Crippen molar-refractivity contribution in [3.63, 3.8) is 0 Å². The number of thioether (sulfide) groups is 1. The minimum absolute atomic E-state index is 0.000780. The lowest BCUT2D eigenvalue weighted by Crippen LogP contribution is -2.85. The highest BCUT2D eigenvalue weighted by atomic mass is 32.2. The van der Waals surface area contributed by atoms with Gasteiger partial charge < -0.3 is 19.0 Å². The monoisotopic (exact) mass is 575 g/mol. The van der Waals surface area contributed by atoms with E-state index in [1.54, 1.807) is 12.5 Å². The van der Waals surface area contributed by atoms with E-state index in [-0.39, 0.29) is 5.25 Å². The lowest BCUT2D eigenvalue weighted by molar-refractivity contribution is -0.291. The molecular weight excluding hydrogens is 534 g/mol. The third-order valence-electron chi connectivity index (χ3n) is 9.01. The lowest BCUT2D eigenvalue weighted by Gasteiger charge is -2.70. The molecule has 3 atom stereocenters. The number of oxazole rings is 1. The molecule has 0 spiro atoms. The third-order valence-corrected chi connectivity index (χ3v) is 10.7. The van der Waals surface area contributed by atoms with Gasteiger partial charge in [-0.3, -0.25) is 9.88 Å². The number of hydrazine groups is 1. The molecule has 3 saturated heterocycles. The second-order valence-electron chi connectivity index (χ2n) is 11.3. The van der Waals surface area contributed by atoms with Gasteiger partial charge in [0, 0.05) is 58.2 Å². The molecule has 10 heteroatoms. The lowest BCUT2D eigenvalue weighted by atomic mass is 9.92. The number of hydrogen-bond acceptors (Lipinski definition) is 10.